The van der Waals surface area contributed by atoms with Gasteiger partial charge in [-0.05, 0) is 192 Å². The van der Waals surface area contributed by atoms with Gasteiger partial charge >= 0.3 is 0 Å². The van der Waals surface area contributed by atoms with Crippen molar-refractivity contribution < 1.29 is 33.4 Å². The van der Waals surface area contributed by atoms with Crippen molar-refractivity contribution in [2.75, 3.05) is 104 Å². The number of likely N-dealkylation sites (N-methyl/N-ethyl adjacent to an activating group) is 2. The Morgan fingerprint density at radius 3 is 1.35 bits per heavy atom. The summed E-state index contributed by atoms with van der Waals surface area (Å²) in [5.74, 6) is -1.11. The first-order valence-electron chi connectivity index (χ1n) is 39.7. The van der Waals surface area contributed by atoms with Crippen LogP contribution in [0.1, 0.15) is 156 Å². The summed E-state index contributed by atoms with van der Waals surface area (Å²) in [6.45, 7) is 27.2. The Kier molecular flexibility index (Phi) is 29.0. The van der Waals surface area contributed by atoms with E-state index in [-0.39, 0.29) is 55.3 Å². The van der Waals surface area contributed by atoms with Crippen LogP contribution in [-0.4, -0.2) is 179 Å². The third-order valence-corrected chi connectivity index (χ3v) is 21.9. The molecular weight excluding hydrogens is 1460 g/mol. The highest BCUT2D eigenvalue weighted by Crippen LogP contribution is 2.36. The summed E-state index contributed by atoms with van der Waals surface area (Å²) >= 11 is 13.2. The smallest absolute Gasteiger partial charge is 0.251 e. The molecule has 4 amide bonds. The van der Waals surface area contributed by atoms with Gasteiger partial charge < -0.3 is 56.5 Å². The Balaban J connectivity index is 0.000000193. The van der Waals surface area contributed by atoms with E-state index in [2.05, 4.69) is 121 Å². The average molecular weight is 1570 g/mol. The molecule has 0 bridgehead atoms. The van der Waals surface area contributed by atoms with E-state index in [1.807, 2.05) is 85.0 Å². The molecule has 25 heteroatoms. The van der Waals surface area contributed by atoms with Crippen molar-refractivity contribution in [1.82, 2.24) is 70.8 Å². The Bertz CT molecular complexity index is 5000. The lowest BCUT2D eigenvalue weighted by atomic mass is 10.0. The number of nitrogens with zero attached hydrogens (tertiary/aromatic N) is 9. The summed E-state index contributed by atoms with van der Waals surface area (Å²) in [4.78, 5) is 82.8. The lowest BCUT2D eigenvalue weighted by molar-refractivity contribution is 0.0903. The molecule has 0 atom stereocenters. The number of rotatable bonds is 25. The van der Waals surface area contributed by atoms with Crippen molar-refractivity contribution in [2.24, 2.45) is 0 Å². The zero-order valence-corrected chi connectivity index (χ0v) is 67.8. The van der Waals surface area contributed by atoms with Crippen LogP contribution in [0, 0.1) is 13.8 Å². The van der Waals surface area contributed by atoms with Crippen LogP contribution < -0.4 is 37.2 Å². The number of carbonyl (C=O) groups is 5. The van der Waals surface area contributed by atoms with Crippen LogP contribution in [0.25, 0.3) is 44.3 Å². The molecule has 4 fully saturated rings. The van der Waals surface area contributed by atoms with Crippen molar-refractivity contribution >= 4 is 86.6 Å². The van der Waals surface area contributed by atoms with Crippen LogP contribution in [0.4, 0.5) is 11.4 Å². The molecule has 4 saturated heterocycles. The number of hydrogen-bond acceptors (Lipinski definition) is 17. The number of benzene rings is 6. The molecule has 8 heterocycles. The lowest BCUT2D eigenvalue weighted by Gasteiger charge is -2.32. The summed E-state index contributed by atoms with van der Waals surface area (Å²) in [5.41, 5.74) is 17.6. The fourth-order valence-corrected chi connectivity index (χ4v) is 15.3. The van der Waals surface area contributed by atoms with E-state index in [9.17, 15) is 24.0 Å². The number of aromatic nitrogens is 6. The first-order chi connectivity index (χ1) is 54.8. The van der Waals surface area contributed by atoms with E-state index in [0.717, 1.165) is 178 Å². The van der Waals surface area contributed by atoms with Gasteiger partial charge in [-0.15, -0.1) is 0 Å². The number of aryl methyl sites for hydroxylation is 6. The van der Waals surface area contributed by atoms with Gasteiger partial charge in [0.25, 0.3) is 23.6 Å². The van der Waals surface area contributed by atoms with Crippen LogP contribution in [0.2, 0.25) is 10.0 Å². The SMILES string of the molecule is CCc1nc2c(cnn2CC)c(NC2CCOCC2)c1CNC(=O)c1cc(C)cc(C(=O)NCc2ccc(Cl)c(-c3cccc(C=O)c3)c2)c1.CCc1nc2c(cnn2CC)c(NC2CCOCC2)c1CNC(=O)c1cc(C)cc(C(=O)NCc2ccc(Cl)c(-c3cccc(CN4CCN(C)CC4)c3)c2)c1.CN1CCNCC1. The standard InChI is InChI=1S/C44H53ClN8O3.C39H41ClN6O4.C5H12N2/c1-5-40-37(41(49-35-12-18-56-19-13-35)38-27-48-53(6-2)42(38)50-40)26-47-44(55)34-21-29(3)20-33(24-34)43(54)46-25-30-10-11-39(45)36(23-30)32-9-7-8-31(22-32)28-52-16-14-51(4)15-17-52;1-4-35-32(36(44-30-11-13-50-14-12-30)33-22-43-46(5-2)37(33)45-35)21-42-39(49)29-16-24(3)15-28(19-29)38(48)41-20-25-9-10-34(40)31(18-25)27-8-6-7-26(17-27)23-47;1-7-4-2-6-3-5-7/h7-11,20-24,27,35H,5-6,12-19,25-26,28H2,1-4H3,(H,46,54)(H,47,55)(H,49,50);6-10,15-19,22-23,30H,4-5,11-14,20-21H2,1-3H3,(H,41,48)(H,42,49)(H,44,45);6H,2-5H2,1H3. The molecule has 0 unspecified atom stereocenters. The lowest BCUT2D eigenvalue weighted by Crippen LogP contribution is -2.43. The minimum Gasteiger partial charge on any atom is -0.381 e. The third-order valence-electron chi connectivity index (χ3n) is 21.3. The maximum Gasteiger partial charge on any atom is 0.251 e. The van der Waals surface area contributed by atoms with Gasteiger partial charge in [-0.2, -0.15) is 10.2 Å². The number of ether oxygens (including phenoxy) is 2. The molecule has 113 heavy (non-hydrogen) atoms. The largest absolute Gasteiger partial charge is 0.381 e. The second-order valence-electron chi connectivity index (χ2n) is 29.6. The van der Waals surface area contributed by atoms with Gasteiger partial charge in [-0.1, -0.05) is 85.6 Å². The molecule has 4 aromatic heterocycles. The minimum atomic E-state index is -0.305. The zero-order chi connectivity index (χ0) is 79.5. The van der Waals surface area contributed by atoms with Crippen molar-refractivity contribution in [1.29, 1.82) is 0 Å². The maximum atomic E-state index is 13.8. The second kappa shape index (κ2) is 39.7. The summed E-state index contributed by atoms with van der Waals surface area (Å²) in [7, 11) is 4.32. The van der Waals surface area contributed by atoms with E-state index in [4.69, 9.17) is 42.6 Å². The highest BCUT2D eigenvalue weighted by Gasteiger charge is 2.27. The van der Waals surface area contributed by atoms with Crippen LogP contribution in [0.5, 0.6) is 0 Å². The van der Waals surface area contributed by atoms with Gasteiger partial charge in [0.05, 0.1) is 34.5 Å². The first-order valence-corrected chi connectivity index (χ1v) is 40.4. The molecule has 23 nitrogen and oxygen atoms in total. The summed E-state index contributed by atoms with van der Waals surface area (Å²) < 4.78 is 15.0. The van der Waals surface area contributed by atoms with Gasteiger partial charge in [0.1, 0.15) is 6.29 Å². The monoisotopic (exact) mass is 1570 g/mol. The number of fused-ring (bicyclic) bond motifs is 2. The average Bonchev–Trinajstić information content (AvgIpc) is 1.66. The van der Waals surface area contributed by atoms with E-state index in [1.54, 1.807) is 54.6 Å². The molecule has 4 aliphatic rings. The molecule has 594 valence electrons. The number of amides is 4. The molecule has 0 aliphatic carbocycles. The van der Waals surface area contributed by atoms with E-state index >= 15 is 0 Å². The van der Waals surface area contributed by atoms with Gasteiger partial charge in [0.15, 0.2) is 11.3 Å². The van der Waals surface area contributed by atoms with E-state index in [0.29, 0.717) is 96.8 Å². The van der Waals surface area contributed by atoms with Crippen LogP contribution in [0.3, 0.4) is 0 Å². The highest BCUT2D eigenvalue weighted by molar-refractivity contribution is 6.33. The van der Waals surface area contributed by atoms with Crippen molar-refractivity contribution in [3.63, 3.8) is 0 Å². The van der Waals surface area contributed by atoms with Crippen molar-refractivity contribution in [3.05, 3.63) is 222 Å². The topological polar surface area (TPSA) is 259 Å². The molecule has 7 N–H and O–H groups in total. The fourth-order valence-electron chi connectivity index (χ4n) is 14.9. The Labute approximate surface area is 672 Å². The third kappa shape index (κ3) is 21.5. The summed E-state index contributed by atoms with van der Waals surface area (Å²) in [6.07, 6.45) is 9.47. The Morgan fingerprint density at radius 2 is 0.929 bits per heavy atom. The predicted molar refractivity (Wildman–Crippen MR) is 449 cm³/mol. The number of nitrogens with one attached hydrogen (secondary N) is 7. The van der Waals surface area contributed by atoms with Gasteiger partial charge in [-0.25, -0.2) is 19.3 Å². The summed E-state index contributed by atoms with van der Waals surface area (Å²) in [5, 5.41) is 35.3. The minimum absolute atomic E-state index is 0.240. The number of piperazine rings is 2. The second-order valence-corrected chi connectivity index (χ2v) is 30.4. The normalized spacial score (nSPS) is 15.2. The van der Waals surface area contributed by atoms with Gasteiger partial charge in [-0.3, -0.25) is 28.9 Å². The molecule has 14 rings (SSSR count). The van der Waals surface area contributed by atoms with E-state index in [1.165, 1.54) is 18.7 Å². The maximum absolute atomic E-state index is 13.8. The first kappa shape index (κ1) is 82.5. The van der Waals surface area contributed by atoms with Crippen molar-refractivity contribution in [2.45, 2.75) is 138 Å². The number of pyridine rings is 2. The number of carbonyl (C=O) groups excluding carboxylic acids is 5. The van der Waals surface area contributed by atoms with Crippen molar-refractivity contribution in [3.8, 4) is 22.3 Å². The highest BCUT2D eigenvalue weighted by atomic mass is 35.5. The molecule has 0 spiro atoms. The molecule has 6 aromatic carbocycles. The van der Waals surface area contributed by atoms with Gasteiger partial charge in [0, 0.05) is 208 Å². The van der Waals surface area contributed by atoms with Gasteiger partial charge in [0.2, 0.25) is 0 Å². The number of aldehydes is 1. The molecular formula is C88H106Cl2N16O7. The number of hydrogen-bond donors (Lipinski definition) is 7. The molecule has 10 aromatic rings. The van der Waals surface area contributed by atoms with Crippen LogP contribution in [0.15, 0.2) is 134 Å². The predicted octanol–water partition coefficient (Wildman–Crippen LogP) is 13.3. The zero-order valence-electron chi connectivity index (χ0n) is 66.3. The fraction of sp³-hybridized carbons (Fsp3) is 0.398. The summed E-state index contributed by atoms with van der Waals surface area (Å²) in [6, 6.07) is 38.0. The number of anilines is 2. The van der Waals surface area contributed by atoms with E-state index < -0.39 is 0 Å². The number of halogens is 2. The molecule has 4 aliphatic heterocycles. The Hall–Kier alpha value is -9.95. The molecule has 0 radical (unpaired) electrons. The van der Waals surface area contributed by atoms with Crippen LogP contribution in [-0.2, 0) is 68.1 Å². The molecule has 0 saturated carbocycles. The quantitative estimate of drug-likeness (QED) is 0.0262. The Morgan fingerprint density at radius 1 is 0.504 bits per heavy atom. The van der Waals surface area contributed by atoms with Crippen LogP contribution >= 0.6 is 23.2 Å².